The van der Waals surface area contributed by atoms with Gasteiger partial charge in [0.05, 0.1) is 11.4 Å². The zero-order valence-electron chi connectivity index (χ0n) is 11.2. The zero-order valence-corrected chi connectivity index (χ0v) is 11.2. The summed E-state index contributed by atoms with van der Waals surface area (Å²) in [5.74, 6) is 0.0681. The molecule has 0 spiro atoms. The highest BCUT2D eigenvalue weighted by Gasteiger charge is 2.32. The molecule has 0 atom stereocenters. The fraction of sp³-hybridized carbons (Fsp3) is 0.312. The number of nitrogens with zero attached hydrogens (tertiary/aromatic N) is 2. The van der Waals surface area contributed by atoms with Crippen LogP contribution in [0.15, 0.2) is 36.5 Å². The van der Waals surface area contributed by atoms with Crippen molar-refractivity contribution in [1.29, 1.82) is 0 Å². The van der Waals surface area contributed by atoms with Crippen LogP contribution in [-0.4, -0.2) is 17.0 Å². The monoisotopic (exact) mass is 267 g/mol. The Bertz CT molecular complexity index is 685. The number of hydrogen-bond acceptors (Lipinski definition) is 2. The highest BCUT2D eigenvalue weighted by atomic mass is 16.2. The summed E-state index contributed by atoms with van der Waals surface area (Å²) in [7, 11) is 0. The Labute approximate surface area is 117 Å². The van der Waals surface area contributed by atoms with Crippen LogP contribution in [-0.2, 0) is 6.42 Å². The molecule has 20 heavy (non-hydrogen) atoms. The van der Waals surface area contributed by atoms with Gasteiger partial charge in [0.15, 0.2) is 0 Å². The van der Waals surface area contributed by atoms with Crippen LogP contribution >= 0.6 is 0 Å². The van der Waals surface area contributed by atoms with E-state index in [1.54, 1.807) is 0 Å². The van der Waals surface area contributed by atoms with E-state index in [0.717, 1.165) is 24.3 Å². The predicted octanol–water partition coefficient (Wildman–Crippen LogP) is 2.61. The Morgan fingerprint density at radius 1 is 1.20 bits per heavy atom. The average Bonchev–Trinajstić information content (AvgIpc) is 3.02. The third-order valence-electron chi connectivity index (χ3n) is 4.21. The van der Waals surface area contributed by atoms with Gasteiger partial charge in [0.1, 0.15) is 5.69 Å². The molecule has 0 radical (unpaired) electrons. The molecule has 1 aromatic carbocycles. The van der Waals surface area contributed by atoms with E-state index in [1.807, 2.05) is 35.4 Å². The second-order valence-corrected chi connectivity index (χ2v) is 5.59. The van der Waals surface area contributed by atoms with E-state index in [1.165, 1.54) is 18.4 Å². The molecule has 0 unspecified atom stereocenters. The number of nitrogens with two attached hydrogens (primary N) is 1. The van der Waals surface area contributed by atoms with Gasteiger partial charge in [0, 0.05) is 18.8 Å². The zero-order chi connectivity index (χ0) is 13.7. The van der Waals surface area contributed by atoms with Crippen molar-refractivity contribution >= 4 is 17.3 Å². The van der Waals surface area contributed by atoms with Crippen molar-refractivity contribution in [2.75, 3.05) is 17.2 Å². The molecule has 0 bridgehead atoms. The van der Waals surface area contributed by atoms with Crippen molar-refractivity contribution in [1.82, 2.24) is 4.57 Å². The number of nitrogen functional groups attached to an aromatic ring is 1. The number of fused-ring (bicyclic) bond motifs is 1. The van der Waals surface area contributed by atoms with Gasteiger partial charge in [-0.25, -0.2) is 0 Å². The smallest absolute Gasteiger partial charge is 0.274 e. The molecule has 1 aliphatic carbocycles. The number of hydrogen-bond donors (Lipinski definition) is 1. The number of amides is 1. The summed E-state index contributed by atoms with van der Waals surface area (Å²) < 4.78 is 2.11. The van der Waals surface area contributed by atoms with Crippen molar-refractivity contribution in [3.63, 3.8) is 0 Å². The van der Waals surface area contributed by atoms with Gasteiger partial charge in [-0.05, 0) is 43.0 Å². The van der Waals surface area contributed by atoms with Crippen LogP contribution in [0.1, 0.15) is 34.9 Å². The van der Waals surface area contributed by atoms with Gasteiger partial charge in [0.25, 0.3) is 5.91 Å². The standard InChI is InChI=1S/C16H17N3O/c17-13-4-1-3-11-8-10-19(15(11)13)16(20)14-5-2-9-18(14)12-6-7-12/h1-5,9,12H,6-8,10,17H2. The minimum atomic E-state index is 0.0681. The van der Waals surface area contributed by atoms with E-state index < -0.39 is 0 Å². The summed E-state index contributed by atoms with van der Waals surface area (Å²) in [4.78, 5) is 14.7. The number of para-hydroxylation sites is 1. The number of carbonyl (C=O) groups is 1. The lowest BCUT2D eigenvalue weighted by Crippen LogP contribution is -2.31. The largest absolute Gasteiger partial charge is 0.397 e. The predicted molar refractivity (Wildman–Crippen MR) is 78.9 cm³/mol. The fourth-order valence-corrected chi connectivity index (χ4v) is 3.07. The molecule has 0 saturated heterocycles. The highest BCUT2D eigenvalue weighted by molar-refractivity contribution is 6.08. The first-order valence-corrected chi connectivity index (χ1v) is 7.12. The Morgan fingerprint density at radius 3 is 2.85 bits per heavy atom. The summed E-state index contributed by atoms with van der Waals surface area (Å²) in [5.41, 5.74) is 9.61. The molecule has 2 aromatic rings. The number of anilines is 2. The molecular weight excluding hydrogens is 250 g/mol. The molecule has 102 valence electrons. The van der Waals surface area contributed by atoms with Crippen LogP contribution in [0.25, 0.3) is 0 Å². The van der Waals surface area contributed by atoms with Gasteiger partial charge in [-0.2, -0.15) is 0 Å². The van der Waals surface area contributed by atoms with Gasteiger partial charge < -0.3 is 15.2 Å². The second kappa shape index (κ2) is 4.13. The summed E-state index contributed by atoms with van der Waals surface area (Å²) in [5, 5.41) is 0. The second-order valence-electron chi connectivity index (χ2n) is 5.59. The van der Waals surface area contributed by atoms with Gasteiger partial charge in [-0.1, -0.05) is 12.1 Å². The summed E-state index contributed by atoms with van der Waals surface area (Å²) in [6.07, 6.45) is 5.24. The number of carbonyl (C=O) groups excluding carboxylic acids is 1. The van der Waals surface area contributed by atoms with Gasteiger partial charge in [0.2, 0.25) is 0 Å². The molecule has 1 fully saturated rings. The maximum Gasteiger partial charge on any atom is 0.274 e. The normalized spacial score (nSPS) is 17.3. The van der Waals surface area contributed by atoms with E-state index >= 15 is 0 Å². The molecule has 4 heteroatoms. The molecule has 1 amide bonds. The SMILES string of the molecule is Nc1cccc2c1N(C(=O)c1cccn1C1CC1)CC2. The third-order valence-corrected chi connectivity index (χ3v) is 4.21. The Balaban J connectivity index is 1.73. The first-order chi connectivity index (χ1) is 9.75. The molecular formula is C16H17N3O. The lowest BCUT2D eigenvalue weighted by Gasteiger charge is -2.20. The van der Waals surface area contributed by atoms with Crippen molar-refractivity contribution in [3.05, 3.63) is 47.8 Å². The van der Waals surface area contributed by atoms with Crippen molar-refractivity contribution < 1.29 is 4.79 Å². The molecule has 2 N–H and O–H groups in total. The summed E-state index contributed by atoms with van der Waals surface area (Å²) >= 11 is 0. The first kappa shape index (κ1) is 11.6. The number of benzene rings is 1. The topological polar surface area (TPSA) is 51.3 Å². The molecule has 2 aliphatic rings. The number of aromatic nitrogens is 1. The average molecular weight is 267 g/mol. The lowest BCUT2D eigenvalue weighted by molar-refractivity contribution is 0.0980. The Morgan fingerprint density at radius 2 is 2.05 bits per heavy atom. The van der Waals surface area contributed by atoms with Gasteiger partial charge >= 0.3 is 0 Å². The van der Waals surface area contributed by atoms with Crippen LogP contribution in [0, 0.1) is 0 Å². The molecule has 1 aliphatic heterocycles. The van der Waals surface area contributed by atoms with Crippen molar-refractivity contribution in [2.45, 2.75) is 25.3 Å². The molecule has 4 nitrogen and oxygen atoms in total. The van der Waals surface area contributed by atoms with Crippen LogP contribution in [0.4, 0.5) is 11.4 Å². The highest BCUT2D eigenvalue weighted by Crippen LogP contribution is 2.38. The van der Waals surface area contributed by atoms with E-state index in [4.69, 9.17) is 5.73 Å². The summed E-state index contributed by atoms with van der Waals surface area (Å²) in [6.45, 7) is 0.720. The molecule has 1 saturated carbocycles. The minimum Gasteiger partial charge on any atom is -0.397 e. The van der Waals surface area contributed by atoms with Crippen LogP contribution < -0.4 is 10.6 Å². The molecule has 1 aromatic heterocycles. The van der Waals surface area contributed by atoms with Gasteiger partial charge in [-0.3, -0.25) is 4.79 Å². The lowest BCUT2D eigenvalue weighted by atomic mass is 10.1. The minimum absolute atomic E-state index is 0.0681. The van der Waals surface area contributed by atoms with Gasteiger partial charge in [-0.15, -0.1) is 0 Å². The molecule has 4 rings (SSSR count). The maximum absolute atomic E-state index is 12.8. The van der Waals surface area contributed by atoms with E-state index in [0.29, 0.717) is 11.7 Å². The van der Waals surface area contributed by atoms with Crippen LogP contribution in [0.5, 0.6) is 0 Å². The Kier molecular flexibility index (Phi) is 2.39. The van der Waals surface area contributed by atoms with Crippen molar-refractivity contribution in [3.8, 4) is 0 Å². The van der Waals surface area contributed by atoms with E-state index in [2.05, 4.69) is 10.6 Å². The van der Waals surface area contributed by atoms with Crippen LogP contribution in [0.3, 0.4) is 0 Å². The van der Waals surface area contributed by atoms with Crippen molar-refractivity contribution in [2.24, 2.45) is 0 Å². The molecule has 2 heterocycles. The quantitative estimate of drug-likeness (QED) is 0.850. The maximum atomic E-state index is 12.8. The fourth-order valence-electron chi connectivity index (χ4n) is 3.07. The van der Waals surface area contributed by atoms with E-state index in [9.17, 15) is 4.79 Å². The third kappa shape index (κ3) is 1.64. The number of rotatable bonds is 2. The van der Waals surface area contributed by atoms with Crippen LogP contribution in [0.2, 0.25) is 0 Å². The Hall–Kier alpha value is -2.23. The summed E-state index contributed by atoms with van der Waals surface area (Å²) in [6, 6.07) is 10.3. The van der Waals surface area contributed by atoms with E-state index in [-0.39, 0.29) is 5.91 Å². The first-order valence-electron chi connectivity index (χ1n) is 7.12.